The Bertz CT molecular complexity index is 904. The zero-order valence-electron chi connectivity index (χ0n) is 15.3. The lowest BCUT2D eigenvalue weighted by Gasteiger charge is -2.08. The summed E-state index contributed by atoms with van der Waals surface area (Å²) >= 11 is 3.36. The number of carbonyl (C=O) groups excluding carboxylic acids is 2. The first kappa shape index (κ1) is 21.2. The molecule has 0 aliphatic rings. The molecule has 0 fully saturated rings. The molecular formula is C21H19BrN2O4. The Hall–Kier alpha value is -3.11. The summed E-state index contributed by atoms with van der Waals surface area (Å²) in [5.41, 5.74) is 1.57. The topological polar surface area (TPSA) is 88.4 Å². The van der Waals surface area contributed by atoms with Crippen molar-refractivity contribution in [1.29, 1.82) is 5.26 Å². The average Bonchev–Trinajstić information content (AvgIpc) is 2.70. The molecule has 0 spiro atoms. The first-order chi connectivity index (χ1) is 13.5. The van der Waals surface area contributed by atoms with Gasteiger partial charge < -0.3 is 14.8 Å². The van der Waals surface area contributed by atoms with Gasteiger partial charge in [0.05, 0.1) is 11.1 Å². The molecule has 0 unspecified atom stereocenters. The standard InChI is InChI=1S/C21H19BrN2O4/c1-2-27-20(25)14-28-19-9-8-16(11-18(19)22)10-17(12-23)21(26)24-13-15-6-4-3-5-7-15/h3-11H,2,13-14H2,1H3,(H,24,26)/b17-10-. The van der Waals surface area contributed by atoms with Crippen LogP contribution in [0.4, 0.5) is 0 Å². The summed E-state index contributed by atoms with van der Waals surface area (Å²) in [6, 6.07) is 16.4. The van der Waals surface area contributed by atoms with Gasteiger partial charge in [0.15, 0.2) is 6.61 Å². The van der Waals surface area contributed by atoms with E-state index in [0.29, 0.717) is 22.3 Å². The lowest BCUT2D eigenvalue weighted by atomic mass is 10.1. The van der Waals surface area contributed by atoms with Gasteiger partial charge in [-0.15, -0.1) is 0 Å². The van der Waals surface area contributed by atoms with E-state index in [1.165, 1.54) is 6.08 Å². The van der Waals surface area contributed by atoms with E-state index in [1.807, 2.05) is 36.4 Å². The van der Waals surface area contributed by atoms with Gasteiger partial charge in [-0.2, -0.15) is 5.26 Å². The summed E-state index contributed by atoms with van der Waals surface area (Å²) in [7, 11) is 0. The van der Waals surface area contributed by atoms with Crippen molar-refractivity contribution in [2.24, 2.45) is 0 Å². The molecule has 1 N–H and O–H groups in total. The van der Waals surface area contributed by atoms with Gasteiger partial charge in [0, 0.05) is 6.54 Å². The van der Waals surface area contributed by atoms with Gasteiger partial charge in [0.25, 0.3) is 5.91 Å². The van der Waals surface area contributed by atoms with Crippen LogP contribution in [0.3, 0.4) is 0 Å². The number of hydrogen-bond donors (Lipinski definition) is 1. The second-order valence-corrected chi connectivity index (χ2v) is 6.48. The number of amides is 1. The molecule has 0 aliphatic heterocycles. The van der Waals surface area contributed by atoms with Crippen LogP contribution >= 0.6 is 15.9 Å². The van der Waals surface area contributed by atoms with Crippen LogP contribution < -0.4 is 10.1 Å². The first-order valence-electron chi connectivity index (χ1n) is 8.55. The van der Waals surface area contributed by atoms with Gasteiger partial charge in [-0.05, 0) is 52.2 Å². The van der Waals surface area contributed by atoms with Crippen molar-refractivity contribution >= 4 is 33.9 Å². The number of benzene rings is 2. The summed E-state index contributed by atoms with van der Waals surface area (Å²) in [5, 5.41) is 12.0. The van der Waals surface area contributed by atoms with Gasteiger partial charge >= 0.3 is 5.97 Å². The zero-order chi connectivity index (χ0) is 20.4. The van der Waals surface area contributed by atoms with Crippen LogP contribution in [0, 0.1) is 11.3 Å². The summed E-state index contributed by atoms with van der Waals surface area (Å²) in [6.45, 7) is 2.14. The Morgan fingerprint density at radius 2 is 1.96 bits per heavy atom. The Kier molecular flexibility index (Phi) is 8.25. The molecule has 2 aromatic carbocycles. The highest BCUT2D eigenvalue weighted by Gasteiger charge is 2.10. The molecule has 0 aliphatic carbocycles. The second-order valence-electron chi connectivity index (χ2n) is 5.62. The SMILES string of the molecule is CCOC(=O)COc1ccc(/C=C(/C#N)C(=O)NCc2ccccc2)cc1Br. The molecule has 2 rings (SSSR count). The highest BCUT2D eigenvalue weighted by Crippen LogP contribution is 2.27. The van der Waals surface area contributed by atoms with Gasteiger partial charge in [-0.3, -0.25) is 4.79 Å². The van der Waals surface area contributed by atoms with E-state index >= 15 is 0 Å². The normalized spacial score (nSPS) is 10.7. The Morgan fingerprint density at radius 3 is 2.61 bits per heavy atom. The molecule has 0 heterocycles. The van der Waals surface area contributed by atoms with Crippen LogP contribution in [-0.2, 0) is 20.9 Å². The molecule has 0 radical (unpaired) electrons. The van der Waals surface area contributed by atoms with Crippen molar-refractivity contribution in [3.8, 4) is 11.8 Å². The van der Waals surface area contributed by atoms with E-state index in [9.17, 15) is 14.9 Å². The fraction of sp³-hybridized carbons (Fsp3) is 0.190. The highest BCUT2D eigenvalue weighted by molar-refractivity contribution is 9.10. The predicted octanol–water partition coefficient (Wildman–Crippen LogP) is 3.61. The minimum Gasteiger partial charge on any atom is -0.481 e. The number of rotatable bonds is 8. The number of nitriles is 1. The number of halogens is 1. The molecule has 144 valence electrons. The molecule has 28 heavy (non-hydrogen) atoms. The largest absolute Gasteiger partial charge is 0.481 e. The van der Waals surface area contributed by atoms with E-state index in [0.717, 1.165) is 5.56 Å². The van der Waals surface area contributed by atoms with Crippen molar-refractivity contribution in [1.82, 2.24) is 5.32 Å². The van der Waals surface area contributed by atoms with Crippen LogP contribution in [0.5, 0.6) is 5.75 Å². The van der Waals surface area contributed by atoms with Gasteiger partial charge in [0.1, 0.15) is 17.4 Å². The molecule has 0 aromatic heterocycles. The third-order valence-corrected chi connectivity index (χ3v) is 4.20. The molecule has 0 saturated heterocycles. The summed E-state index contributed by atoms with van der Waals surface area (Å²) in [5.74, 6) is -0.456. The van der Waals surface area contributed by atoms with E-state index in [4.69, 9.17) is 9.47 Å². The van der Waals surface area contributed by atoms with E-state index in [1.54, 1.807) is 25.1 Å². The predicted molar refractivity (Wildman–Crippen MR) is 108 cm³/mol. The molecule has 0 atom stereocenters. The van der Waals surface area contributed by atoms with E-state index < -0.39 is 11.9 Å². The van der Waals surface area contributed by atoms with Gasteiger partial charge in [0.2, 0.25) is 0 Å². The molecule has 1 amide bonds. The second kappa shape index (κ2) is 10.9. The minimum absolute atomic E-state index is 0.0111. The van der Waals surface area contributed by atoms with Crippen molar-refractivity contribution in [2.75, 3.05) is 13.2 Å². The van der Waals surface area contributed by atoms with Crippen molar-refractivity contribution in [3.05, 3.63) is 69.7 Å². The molecule has 0 bridgehead atoms. The Labute approximate surface area is 171 Å². The Morgan fingerprint density at radius 1 is 1.21 bits per heavy atom. The molecule has 7 heteroatoms. The first-order valence-corrected chi connectivity index (χ1v) is 9.34. The molecule has 6 nitrogen and oxygen atoms in total. The maximum absolute atomic E-state index is 12.3. The highest BCUT2D eigenvalue weighted by atomic mass is 79.9. The van der Waals surface area contributed by atoms with Crippen LogP contribution in [0.25, 0.3) is 6.08 Å². The lowest BCUT2D eigenvalue weighted by molar-refractivity contribution is -0.145. The van der Waals surface area contributed by atoms with Crippen molar-refractivity contribution in [3.63, 3.8) is 0 Å². The maximum atomic E-state index is 12.3. The summed E-state index contributed by atoms with van der Waals surface area (Å²) in [4.78, 5) is 23.6. The zero-order valence-corrected chi connectivity index (χ0v) is 16.9. The quantitative estimate of drug-likeness (QED) is 0.383. The van der Waals surface area contributed by atoms with Crippen LogP contribution in [0.2, 0.25) is 0 Å². The Balaban J connectivity index is 2.03. The summed E-state index contributed by atoms with van der Waals surface area (Å²) in [6.07, 6.45) is 1.49. The number of nitrogens with one attached hydrogen (secondary N) is 1. The van der Waals surface area contributed by atoms with E-state index in [-0.39, 0.29) is 18.8 Å². The number of ether oxygens (including phenoxy) is 2. The van der Waals surface area contributed by atoms with Crippen LogP contribution in [0.15, 0.2) is 58.6 Å². The van der Waals surface area contributed by atoms with Crippen LogP contribution in [0.1, 0.15) is 18.1 Å². The van der Waals surface area contributed by atoms with Gasteiger partial charge in [-0.25, -0.2) is 4.79 Å². The lowest BCUT2D eigenvalue weighted by Crippen LogP contribution is -2.23. The number of carbonyl (C=O) groups is 2. The van der Waals surface area contributed by atoms with Gasteiger partial charge in [-0.1, -0.05) is 36.4 Å². The fourth-order valence-corrected chi connectivity index (χ4v) is 2.76. The maximum Gasteiger partial charge on any atom is 0.344 e. The van der Waals surface area contributed by atoms with Crippen LogP contribution in [-0.4, -0.2) is 25.1 Å². The molecular weight excluding hydrogens is 424 g/mol. The average molecular weight is 443 g/mol. The molecule has 2 aromatic rings. The third-order valence-electron chi connectivity index (χ3n) is 3.58. The minimum atomic E-state index is -0.458. The summed E-state index contributed by atoms with van der Waals surface area (Å²) < 4.78 is 10.8. The monoisotopic (exact) mass is 442 g/mol. The smallest absolute Gasteiger partial charge is 0.344 e. The number of esters is 1. The third kappa shape index (κ3) is 6.56. The fourth-order valence-electron chi connectivity index (χ4n) is 2.25. The van der Waals surface area contributed by atoms with E-state index in [2.05, 4.69) is 21.2 Å². The van der Waals surface area contributed by atoms with Crippen molar-refractivity contribution in [2.45, 2.75) is 13.5 Å². The number of hydrogen-bond acceptors (Lipinski definition) is 5. The van der Waals surface area contributed by atoms with Crippen molar-refractivity contribution < 1.29 is 19.1 Å². The molecule has 0 saturated carbocycles. The number of nitrogens with zero attached hydrogens (tertiary/aromatic N) is 1.